The smallest absolute Gasteiger partial charge is 0.343 e. The average molecular weight is 348 g/mol. The Morgan fingerprint density at radius 1 is 1.19 bits per heavy atom. The van der Waals surface area contributed by atoms with Gasteiger partial charge >= 0.3 is 5.97 Å². The number of hydrogen-bond donors (Lipinski definition) is 0. The lowest BCUT2D eigenvalue weighted by Gasteiger charge is -2.10. The number of rotatable bonds is 5. The van der Waals surface area contributed by atoms with Gasteiger partial charge in [-0.15, -0.1) is 0 Å². The van der Waals surface area contributed by atoms with E-state index < -0.39 is 5.97 Å². The highest BCUT2D eigenvalue weighted by molar-refractivity contribution is 5.93. The van der Waals surface area contributed by atoms with E-state index in [1.165, 1.54) is 6.20 Å². The van der Waals surface area contributed by atoms with Crippen molar-refractivity contribution in [1.82, 2.24) is 9.55 Å². The van der Waals surface area contributed by atoms with Gasteiger partial charge in [0.2, 0.25) is 5.43 Å². The molecule has 0 saturated heterocycles. The lowest BCUT2D eigenvalue weighted by molar-refractivity contribution is 0.0548. The Morgan fingerprint density at radius 3 is 2.69 bits per heavy atom. The van der Waals surface area contributed by atoms with Gasteiger partial charge in [0.1, 0.15) is 17.8 Å². The van der Waals surface area contributed by atoms with Crippen molar-refractivity contribution >= 4 is 23.1 Å². The van der Waals surface area contributed by atoms with Crippen LogP contribution in [0.4, 0.5) is 0 Å². The van der Waals surface area contributed by atoms with Crippen LogP contribution in [0.5, 0.6) is 0 Å². The highest BCUT2D eigenvalue weighted by Gasteiger charge is 2.16. The maximum atomic E-state index is 12.6. The minimum atomic E-state index is -0.627. The predicted octanol–water partition coefficient (Wildman–Crippen LogP) is 3.60. The summed E-state index contributed by atoms with van der Waals surface area (Å²) < 4.78 is 7.04. The van der Waals surface area contributed by atoms with Crippen LogP contribution in [0.3, 0.4) is 0 Å². The summed E-state index contributed by atoms with van der Waals surface area (Å²) in [4.78, 5) is 29.4. The van der Waals surface area contributed by atoms with Gasteiger partial charge in [-0.25, -0.2) is 9.78 Å². The van der Waals surface area contributed by atoms with Crippen LogP contribution >= 0.6 is 0 Å². The van der Waals surface area contributed by atoms with Gasteiger partial charge in [-0.2, -0.15) is 0 Å². The molecule has 2 aromatic heterocycles. The summed E-state index contributed by atoms with van der Waals surface area (Å²) in [6.45, 7) is 4.50. The zero-order valence-electron chi connectivity index (χ0n) is 14.8. The molecule has 132 valence electrons. The van der Waals surface area contributed by atoms with Crippen LogP contribution in [-0.4, -0.2) is 22.1 Å². The van der Waals surface area contributed by atoms with E-state index in [-0.39, 0.29) is 17.6 Å². The van der Waals surface area contributed by atoms with Crippen LogP contribution in [0, 0.1) is 6.92 Å². The van der Waals surface area contributed by atoms with Crippen LogP contribution in [0.25, 0.3) is 17.1 Å². The van der Waals surface area contributed by atoms with E-state index in [0.29, 0.717) is 17.6 Å². The molecule has 0 unspecified atom stereocenters. The number of aryl methyl sites for hydroxylation is 2. The van der Waals surface area contributed by atoms with E-state index in [4.69, 9.17) is 4.74 Å². The fourth-order valence-electron chi connectivity index (χ4n) is 2.70. The highest BCUT2D eigenvalue weighted by atomic mass is 16.5. The highest BCUT2D eigenvalue weighted by Crippen LogP contribution is 2.11. The summed E-state index contributed by atoms with van der Waals surface area (Å²) in [6, 6.07) is 13.2. The van der Waals surface area contributed by atoms with Crippen LogP contribution in [0.2, 0.25) is 0 Å². The van der Waals surface area contributed by atoms with E-state index in [0.717, 1.165) is 11.3 Å². The van der Waals surface area contributed by atoms with Crippen molar-refractivity contribution in [3.05, 3.63) is 81.8 Å². The lowest BCUT2D eigenvalue weighted by Crippen LogP contribution is -2.21. The first-order valence-electron chi connectivity index (χ1n) is 8.49. The second-order valence-corrected chi connectivity index (χ2v) is 5.89. The van der Waals surface area contributed by atoms with Crippen molar-refractivity contribution in [3.8, 4) is 0 Å². The molecule has 3 aromatic rings. The van der Waals surface area contributed by atoms with Crippen LogP contribution in [-0.2, 0) is 11.3 Å². The molecule has 0 atom stereocenters. The molecule has 26 heavy (non-hydrogen) atoms. The molecular formula is C21H20N2O3. The number of nitrogens with zero attached hydrogens (tertiary/aromatic N) is 2. The summed E-state index contributed by atoms with van der Waals surface area (Å²) >= 11 is 0. The molecule has 2 heterocycles. The minimum Gasteiger partial charge on any atom is -0.458 e. The van der Waals surface area contributed by atoms with Crippen molar-refractivity contribution in [2.75, 3.05) is 6.61 Å². The summed E-state index contributed by atoms with van der Waals surface area (Å²) in [5.41, 5.74) is 2.09. The number of hydrogen-bond acceptors (Lipinski definition) is 4. The second kappa shape index (κ2) is 7.78. The van der Waals surface area contributed by atoms with Crippen molar-refractivity contribution < 1.29 is 9.53 Å². The molecule has 0 saturated carbocycles. The standard InChI is InChI=1S/C21H20N2O3/c1-3-23-14-18(19(24)17-12-11-15(2)22-20(17)23)21(25)26-13-7-10-16-8-5-4-6-9-16/h4-12,14H,3,13H2,1-2H3. The van der Waals surface area contributed by atoms with Gasteiger partial charge in [0.05, 0.1) is 5.39 Å². The molecular weight excluding hydrogens is 328 g/mol. The molecule has 3 rings (SSSR count). The van der Waals surface area contributed by atoms with Crippen LogP contribution in [0.1, 0.15) is 28.5 Å². The number of fused-ring (bicyclic) bond motifs is 1. The Hall–Kier alpha value is -3.21. The topological polar surface area (TPSA) is 61.2 Å². The Morgan fingerprint density at radius 2 is 1.96 bits per heavy atom. The SMILES string of the molecule is CCn1cc(C(=O)OCC=Cc2ccccc2)c(=O)c2ccc(C)nc21. The van der Waals surface area contributed by atoms with Crippen molar-refractivity contribution in [3.63, 3.8) is 0 Å². The third-order valence-corrected chi connectivity index (χ3v) is 4.04. The molecule has 0 aliphatic rings. The van der Waals surface area contributed by atoms with Gasteiger partial charge in [-0.1, -0.05) is 36.4 Å². The van der Waals surface area contributed by atoms with Crippen LogP contribution < -0.4 is 5.43 Å². The second-order valence-electron chi connectivity index (χ2n) is 5.89. The Bertz CT molecular complexity index is 1020. The first-order chi connectivity index (χ1) is 12.6. The number of carbonyl (C=O) groups excluding carboxylic acids is 1. The van der Waals surface area contributed by atoms with Crippen molar-refractivity contribution in [1.29, 1.82) is 0 Å². The number of benzene rings is 1. The number of pyridine rings is 2. The molecule has 0 bridgehead atoms. The molecule has 0 amide bonds. The maximum absolute atomic E-state index is 12.6. The number of esters is 1. The normalized spacial score (nSPS) is 11.2. The van der Waals surface area contributed by atoms with Gasteiger partial charge < -0.3 is 9.30 Å². The fraction of sp³-hybridized carbons (Fsp3) is 0.190. The summed E-state index contributed by atoms with van der Waals surface area (Å²) in [5.74, 6) is -0.627. The van der Waals surface area contributed by atoms with Gasteiger partial charge in [0.25, 0.3) is 0 Å². The summed E-state index contributed by atoms with van der Waals surface area (Å²) in [7, 11) is 0. The molecule has 5 nitrogen and oxygen atoms in total. The monoisotopic (exact) mass is 348 g/mol. The van der Waals surface area contributed by atoms with Gasteiger partial charge in [0, 0.05) is 18.4 Å². The van der Waals surface area contributed by atoms with Crippen LogP contribution in [0.15, 0.2) is 59.5 Å². The number of aromatic nitrogens is 2. The predicted molar refractivity (Wildman–Crippen MR) is 102 cm³/mol. The van der Waals surface area contributed by atoms with Gasteiger partial charge in [-0.05, 0) is 37.6 Å². The van der Waals surface area contributed by atoms with Crippen molar-refractivity contribution in [2.45, 2.75) is 20.4 Å². The Labute approximate surface area is 151 Å². The number of carbonyl (C=O) groups is 1. The maximum Gasteiger partial charge on any atom is 0.343 e. The van der Waals surface area contributed by atoms with E-state index in [1.54, 1.807) is 22.8 Å². The summed E-state index contributed by atoms with van der Waals surface area (Å²) in [5, 5.41) is 0.423. The Kier molecular flexibility index (Phi) is 5.27. The van der Waals surface area contributed by atoms with E-state index in [2.05, 4.69) is 4.98 Å². The quantitative estimate of drug-likeness (QED) is 0.661. The third kappa shape index (κ3) is 3.72. The molecule has 0 spiro atoms. The van der Waals surface area contributed by atoms with E-state index in [9.17, 15) is 9.59 Å². The molecule has 5 heteroatoms. The van der Waals surface area contributed by atoms with Gasteiger partial charge in [0.15, 0.2) is 0 Å². The fourth-order valence-corrected chi connectivity index (χ4v) is 2.70. The third-order valence-electron chi connectivity index (χ3n) is 4.04. The molecule has 1 aromatic carbocycles. The first-order valence-corrected chi connectivity index (χ1v) is 8.49. The van der Waals surface area contributed by atoms with E-state index in [1.807, 2.05) is 50.3 Å². The first kappa shape index (κ1) is 17.6. The lowest BCUT2D eigenvalue weighted by atomic mass is 10.2. The van der Waals surface area contributed by atoms with E-state index >= 15 is 0 Å². The summed E-state index contributed by atoms with van der Waals surface area (Å²) in [6.07, 6.45) is 5.14. The minimum absolute atomic E-state index is 0.0260. The molecule has 0 radical (unpaired) electrons. The molecule has 0 aliphatic heterocycles. The molecule has 0 fully saturated rings. The zero-order valence-corrected chi connectivity index (χ0v) is 14.8. The van der Waals surface area contributed by atoms with Gasteiger partial charge in [-0.3, -0.25) is 4.79 Å². The molecule has 0 N–H and O–H groups in total. The Balaban J connectivity index is 1.82. The molecule has 0 aliphatic carbocycles. The largest absolute Gasteiger partial charge is 0.458 e. The zero-order chi connectivity index (χ0) is 18.5. The number of ether oxygens (including phenoxy) is 1. The average Bonchev–Trinajstić information content (AvgIpc) is 2.66. The van der Waals surface area contributed by atoms with Crippen molar-refractivity contribution in [2.24, 2.45) is 0 Å².